The fourth-order valence-corrected chi connectivity index (χ4v) is 4.83. The molecule has 1 aliphatic rings. The van der Waals surface area contributed by atoms with Crippen LogP contribution in [0.2, 0.25) is 0 Å². The molecule has 136 valence electrons. The molecule has 3 nitrogen and oxygen atoms in total. The van der Waals surface area contributed by atoms with Gasteiger partial charge in [-0.1, -0.05) is 42.5 Å². The lowest BCUT2D eigenvalue weighted by Crippen LogP contribution is -2.34. The molecule has 2 atom stereocenters. The van der Waals surface area contributed by atoms with Gasteiger partial charge in [0.1, 0.15) is 0 Å². The van der Waals surface area contributed by atoms with Gasteiger partial charge < -0.3 is 5.32 Å². The van der Waals surface area contributed by atoms with E-state index in [2.05, 4.69) is 71.7 Å². The Morgan fingerprint density at radius 3 is 2.81 bits per heavy atom. The van der Waals surface area contributed by atoms with Gasteiger partial charge in [0.2, 0.25) is 0 Å². The van der Waals surface area contributed by atoms with E-state index in [1.165, 1.54) is 28.2 Å². The number of benzene rings is 2. The van der Waals surface area contributed by atoms with Gasteiger partial charge in [0.05, 0.1) is 15.2 Å². The van der Waals surface area contributed by atoms with Gasteiger partial charge in [-0.15, -0.1) is 11.3 Å². The average Bonchev–Trinajstić information content (AvgIpc) is 3.32. The summed E-state index contributed by atoms with van der Waals surface area (Å²) in [5.41, 5.74) is 2.56. The summed E-state index contributed by atoms with van der Waals surface area (Å²) >= 11 is 1.83. The van der Waals surface area contributed by atoms with Crippen LogP contribution in [0.5, 0.6) is 0 Å². The quantitative estimate of drug-likeness (QED) is 0.618. The number of fused-ring (bicyclic) bond motifs is 1. The van der Waals surface area contributed by atoms with E-state index in [0.717, 1.165) is 31.4 Å². The maximum atomic E-state index is 4.73. The van der Waals surface area contributed by atoms with E-state index in [1.54, 1.807) is 0 Å². The Bertz CT molecular complexity index is 797. The third-order valence-corrected chi connectivity index (χ3v) is 6.48. The minimum atomic E-state index is 0.505. The smallest absolute Gasteiger partial charge is 0.0939 e. The van der Waals surface area contributed by atoms with Crippen LogP contribution in [0.15, 0.2) is 54.6 Å². The second-order valence-electron chi connectivity index (χ2n) is 7.20. The van der Waals surface area contributed by atoms with Crippen molar-refractivity contribution in [3.63, 3.8) is 0 Å². The lowest BCUT2D eigenvalue weighted by molar-refractivity contribution is 0.255. The molecule has 0 amide bonds. The van der Waals surface area contributed by atoms with E-state index >= 15 is 0 Å². The number of hydrogen-bond donors (Lipinski definition) is 1. The second-order valence-corrected chi connectivity index (χ2v) is 8.32. The number of aryl methyl sites for hydroxylation is 1. The summed E-state index contributed by atoms with van der Waals surface area (Å²) in [7, 11) is 0. The number of hydrogen-bond acceptors (Lipinski definition) is 4. The largest absolute Gasteiger partial charge is 0.313 e. The highest BCUT2D eigenvalue weighted by Gasteiger charge is 2.26. The Hall–Kier alpha value is -1.75. The highest BCUT2D eigenvalue weighted by atomic mass is 32.1. The van der Waals surface area contributed by atoms with Crippen molar-refractivity contribution in [2.75, 3.05) is 19.6 Å². The molecule has 0 radical (unpaired) electrons. The molecule has 0 bridgehead atoms. The van der Waals surface area contributed by atoms with Gasteiger partial charge in [0.25, 0.3) is 0 Å². The van der Waals surface area contributed by atoms with E-state index in [0.29, 0.717) is 12.1 Å². The topological polar surface area (TPSA) is 28.2 Å². The van der Waals surface area contributed by atoms with Crippen molar-refractivity contribution in [2.24, 2.45) is 0 Å². The SMILES string of the molecule is C[C@H](c1ccccc1)N1CC[C@@H](NCCCc2nc3ccccc3s2)C1. The van der Waals surface area contributed by atoms with E-state index in [-0.39, 0.29) is 0 Å². The van der Waals surface area contributed by atoms with Crippen LogP contribution in [0.25, 0.3) is 10.2 Å². The molecule has 2 heterocycles. The molecule has 4 rings (SSSR count). The summed E-state index contributed by atoms with van der Waals surface area (Å²) in [6.07, 6.45) is 3.48. The fraction of sp³-hybridized carbons (Fsp3) is 0.409. The Morgan fingerprint density at radius 1 is 1.15 bits per heavy atom. The monoisotopic (exact) mass is 365 g/mol. The highest BCUT2D eigenvalue weighted by molar-refractivity contribution is 7.18. The molecular formula is C22H27N3S. The van der Waals surface area contributed by atoms with E-state index in [1.807, 2.05) is 11.3 Å². The minimum absolute atomic E-state index is 0.505. The van der Waals surface area contributed by atoms with Crippen molar-refractivity contribution in [3.05, 3.63) is 65.2 Å². The molecule has 1 aliphatic heterocycles. The van der Waals surface area contributed by atoms with Crippen molar-refractivity contribution >= 4 is 21.6 Å². The molecule has 0 spiro atoms. The van der Waals surface area contributed by atoms with Gasteiger partial charge in [-0.2, -0.15) is 0 Å². The van der Waals surface area contributed by atoms with Crippen molar-refractivity contribution in [3.8, 4) is 0 Å². The Kier molecular flexibility index (Phi) is 5.63. The summed E-state index contributed by atoms with van der Waals surface area (Å²) in [6, 6.07) is 20.4. The van der Waals surface area contributed by atoms with E-state index in [4.69, 9.17) is 4.98 Å². The second kappa shape index (κ2) is 8.30. The molecule has 2 aromatic carbocycles. The summed E-state index contributed by atoms with van der Waals surface area (Å²) in [4.78, 5) is 7.33. The number of likely N-dealkylation sites (tertiary alicyclic amines) is 1. The van der Waals surface area contributed by atoms with Crippen LogP contribution in [0.1, 0.15) is 36.4 Å². The molecule has 1 saturated heterocycles. The zero-order chi connectivity index (χ0) is 17.8. The van der Waals surface area contributed by atoms with Gasteiger partial charge in [0.15, 0.2) is 0 Å². The van der Waals surface area contributed by atoms with Crippen molar-refractivity contribution in [2.45, 2.75) is 38.3 Å². The predicted octanol–water partition coefficient (Wildman–Crippen LogP) is 4.65. The molecule has 26 heavy (non-hydrogen) atoms. The van der Waals surface area contributed by atoms with Crippen LogP contribution in [0.3, 0.4) is 0 Å². The van der Waals surface area contributed by atoms with Crippen molar-refractivity contribution in [1.82, 2.24) is 15.2 Å². The molecule has 1 aromatic heterocycles. The number of rotatable bonds is 7. The molecular weight excluding hydrogens is 338 g/mol. The molecule has 4 heteroatoms. The average molecular weight is 366 g/mol. The fourth-order valence-electron chi connectivity index (χ4n) is 3.82. The molecule has 0 saturated carbocycles. The first-order chi connectivity index (χ1) is 12.8. The molecule has 1 N–H and O–H groups in total. The first-order valence-corrected chi connectivity index (χ1v) is 10.5. The number of para-hydroxylation sites is 1. The maximum absolute atomic E-state index is 4.73. The lowest BCUT2D eigenvalue weighted by atomic mass is 10.1. The predicted molar refractivity (Wildman–Crippen MR) is 111 cm³/mol. The summed E-state index contributed by atoms with van der Waals surface area (Å²) in [5, 5.41) is 5.02. The molecule has 0 unspecified atom stereocenters. The summed E-state index contributed by atoms with van der Waals surface area (Å²) in [6.45, 7) is 5.74. The van der Waals surface area contributed by atoms with Crippen molar-refractivity contribution in [1.29, 1.82) is 0 Å². The lowest BCUT2D eigenvalue weighted by Gasteiger charge is -2.24. The Morgan fingerprint density at radius 2 is 1.96 bits per heavy atom. The number of nitrogens with one attached hydrogen (secondary N) is 1. The minimum Gasteiger partial charge on any atom is -0.313 e. The Labute approximate surface area is 160 Å². The Balaban J connectivity index is 1.21. The number of thiazole rings is 1. The van der Waals surface area contributed by atoms with E-state index < -0.39 is 0 Å². The summed E-state index contributed by atoms with van der Waals surface area (Å²) in [5.74, 6) is 0. The normalized spacial score (nSPS) is 19.2. The van der Waals surface area contributed by atoms with Gasteiger partial charge in [-0.05, 0) is 44.0 Å². The first-order valence-electron chi connectivity index (χ1n) is 9.66. The standard InChI is InChI=1S/C22H27N3S/c1-17(18-8-3-2-4-9-18)25-15-13-19(16-25)23-14-7-12-22-24-20-10-5-6-11-21(20)26-22/h2-6,8-11,17,19,23H,7,12-16H2,1H3/t17-,19-/m1/s1. The van der Waals surface area contributed by atoms with Crippen LogP contribution in [-0.2, 0) is 6.42 Å². The highest BCUT2D eigenvalue weighted by Crippen LogP contribution is 2.25. The molecule has 1 fully saturated rings. The zero-order valence-electron chi connectivity index (χ0n) is 15.4. The van der Waals surface area contributed by atoms with Crippen LogP contribution < -0.4 is 5.32 Å². The number of nitrogens with zero attached hydrogens (tertiary/aromatic N) is 2. The van der Waals surface area contributed by atoms with Gasteiger partial charge in [-0.25, -0.2) is 4.98 Å². The van der Waals surface area contributed by atoms with Crippen LogP contribution in [-0.4, -0.2) is 35.6 Å². The van der Waals surface area contributed by atoms with E-state index in [9.17, 15) is 0 Å². The van der Waals surface area contributed by atoms with Crippen LogP contribution >= 0.6 is 11.3 Å². The van der Waals surface area contributed by atoms with Gasteiger partial charge >= 0.3 is 0 Å². The third-order valence-electron chi connectivity index (χ3n) is 5.39. The first kappa shape index (κ1) is 17.7. The van der Waals surface area contributed by atoms with Gasteiger partial charge in [0, 0.05) is 31.6 Å². The van der Waals surface area contributed by atoms with Crippen LogP contribution in [0, 0.1) is 0 Å². The molecule has 0 aliphatic carbocycles. The van der Waals surface area contributed by atoms with Gasteiger partial charge in [-0.3, -0.25) is 4.90 Å². The molecule has 3 aromatic rings. The zero-order valence-corrected chi connectivity index (χ0v) is 16.2. The van der Waals surface area contributed by atoms with Crippen LogP contribution in [0.4, 0.5) is 0 Å². The third kappa shape index (κ3) is 4.14. The van der Waals surface area contributed by atoms with Crippen molar-refractivity contribution < 1.29 is 0 Å². The number of aromatic nitrogens is 1. The maximum Gasteiger partial charge on any atom is 0.0939 e. The summed E-state index contributed by atoms with van der Waals surface area (Å²) < 4.78 is 1.30.